The van der Waals surface area contributed by atoms with E-state index in [1.807, 2.05) is 0 Å². The van der Waals surface area contributed by atoms with Crippen molar-refractivity contribution in [2.75, 3.05) is 11.5 Å². The normalized spacial score (nSPS) is 11.9. The maximum atomic E-state index is 13.7. The third-order valence-corrected chi connectivity index (χ3v) is 3.97. The topological polar surface area (TPSA) is 70.5 Å². The lowest BCUT2D eigenvalue weighted by atomic mass is 10.0. The van der Waals surface area contributed by atoms with Crippen LogP contribution in [0.25, 0.3) is 0 Å². The number of nitrogen functional groups attached to an aromatic ring is 2. The lowest BCUT2D eigenvalue weighted by Crippen LogP contribution is -2.19. The van der Waals surface area contributed by atoms with Gasteiger partial charge in [0.15, 0.2) is 0 Å². The van der Waals surface area contributed by atoms with Gasteiger partial charge in [0, 0.05) is 0 Å². The molecule has 0 amide bonds. The Balaban J connectivity index is 2.21. The maximum absolute atomic E-state index is 13.7. The van der Waals surface area contributed by atoms with E-state index in [2.05, 4.69) is 0 Å². The standard InChI is InChI=1S/C20H14F6N2O2/c21-19(22,23)17-15(29-13-7-3-1-5-11(13)27)9-10-16(18(17)20(24,25)26)30-14-8-4-2-6-12(14)28/h1-10H,27-28H2. The number of benzene rings is 3. The predicted molar refractivity (Wildman–Crippen MR) is 98.3 cm³/mol. The summed E-state index contributed by atoms with van der Waals surface area (Å²) in [6.07, 6.45) is -10.8. The van der Waals surface area contributed by atoms with Crippen molar-refractivity contribution in [1.29, 1.82) is 0 Å². The van der Waals surface area contributed by atoms with Crippen molar-refractivity contribution in [3.8, 4) is 23.0 Å². The number of hydrogen-bond donors (Lipinski definition) is 2. The van der Waals surface area contributed by atoms with Gasteiger partial charge in [0.2, 0.25) is 0 Å². The summed E-state index contributed by atoms with van der Waals surface area (Å²) >= 11 is 0. The first-order valence-corrected chi connectivity index (χ1v) is 8.34. The first-order valence-electron chi connectivity index (χ1n) is 8.34. The average Bonchev–Trinajstić information content (AvgIpc) is 2.64. The molecule has 0 saturated carbocycles. The zero-order valence-electron chi connectivity index (χ0n) is 15.0. The number of hydrogen-bond acceptors (Lipinski definition) is 4. The molecular weight excluding hydrogens is 414 g/mol. The molecule has 158 valence electrons. The molecule has 0 aliphatic heterocycles. The Morgan fingerprint density at radius 2 is 0.833 bits per heavy atom. The van der Waals surface area contributed by atoms with Crippen molar-refractivity contribution in [2.45, 2.75) is 12.4 Å². The molecule has 3 aromatic carbocycles. The molecule has 10 heteroatoms. The molecule has 0 atom stereocenters. The Morgan fingerprint density at radius 3 is 1.13 bits per heavy atom. The number of halogens is 6. The first-order chi connectivity index (χ1) is 14.0. The van der Waals surface area contributed by atoms with Gasteiger partial charge in [0.1, 0.15) is 34.1 Å². The summed E-state index contributed by atoms with van der Waals surface area (Å²) in [4.78, 5) is 0. The lowest BCUT2D eigenvalue weighted by molar-refractivity contribution is -0.163. The third-order valence-electron chi connectivity index (χ3n) is 3.97. The van der Waals surface area contributed by atoms with Gasteiger partial charge in [-0.05, 0) is 36.4 Å². The Labute approximate surface area is 166 Å². The van der Waals surface area contributed by atoms with Gasteiger partial charge in [-0.3, -0.25) is 0 Å². The Hall–Kier alpha value is -3.56. The molecule has 3 aromatic rings. The third kappa shape index (κ3) is 4.37. The van der Waals surface area contributed by atoms with Crippen LogP contribution in [0.15, 0.2) is 60.7 Å². The van der Waals surface area contributed by atoms with Crippen molar-refractivity contribution < 1.29 is 35.8 Å². The van der Waals surface area contributed by atoms with Gasteiger partial charge < -0.3 is 20.9 Å². The monoisotopic (exact) mass is 428 g/mol. The van der Waals surface area contributed by atoms with E-state index in [0.717, 1.165) is 12.1 Å². The highest BCUT2D eigenvalue weighted by atomic mass is 19.4. The molecule has 0 spiro atoms. The molecule has 4 N–H and O–H groups in total. The van der Waals surface area contributed by atoms with E-state index in [-0.39, 0.29) is 22.9 Å². The smallest absolute Gasteiger partial charge is 0.420 e. The summed E-state index contributed by atoms with van der Waals surface area (Å²) in [6, 6.07) is 12.4. The fraction of sp³-hybridized carbons (Fsp3) is 0.100. The average molecular weight is 428 g/mol. The molecule has 0 saturated heterocycles. The number of alkyl halides is 6. The summed E-state index contributed by atoms with van der Waals surface area (Å²) in [5.74, 6) is -2.59. The number of rotatable bonds is 4. The fourth-order valence-corrected chi connectivity index (χ4v) is 2.68. The molecule has 3 rings (SSSR count). The summed E-state index contributed by atoms with van der Waals surface area (Å²) in [5.41, 5.74) is 7.10. The van der Waals surface area contributed by atoms with Crippen LogP contribution in [0.2, 0.25) is 0 Å². The first kappa shape index (κ1) is 21.2. The van der Waals surface area contributed by atoms with E-state index in [9.17, 15) is 26.3 Å². The molecule has 0 fully saturated rings. The van der Waals surface area contributed by atoms with Crippen LogP contribution in [0.1, 0.15) is 11.1 Å². The van der Waals surface area contributed by atoms with Crippen LogP contribution in [0.5, 0.6) is 23.0 Å². The minimum absolute atomic E-state index is 0.0448. The summed E-state index contributed by atoms with van der Waals surface area (Å²) in [7, 11) is 0. The zero-order valence-corrected chi connectivity index (χ0v) is 15.0. The van der Waals surface area contributed by atoms with Crippen molar-refractivity contribution in [2.24, 2.45) is 0 Å². The van der Waals surface area contributed by atoms with E-state index in [4.69, 9.17) is 20.9 Å². The quantitative estimate of drug-likeness (QED) is 0.369. The highest BCUT2D eigenvalue weighted by Gasteiger charge is 2.48. The van der Waals surface area contributed by atoms with Crippen LogP contribution in [0, 0.1) is 0 Å². The molecule has 30 heavy (non-hydrogen) atoms. The van der Waals surface area contributed by atoms with Crippen LogP contribution in [0.3, 0.4) is 0 Å². The molecule has 0 unspecified atom stereocenters. The van der Waals surface area contributed by atoms with E-state index >= 15 is 0 Å². The number of anilines is 2. The highest BCUT2D eigenvalue weighted by molar-refractivity contribution is 5.59. The van der Waals surface area contributed by atoms with Gasteiger partial charge in [0.25, 0.3) is 0 Å². The van der Waals surface area contributed by atoms with Crippen molar-refractivity contribution in [1.82, 2.24) is 0 Å². The Bertz CT molecular complexity index is 979. The van der Waals surface area contributed by atoms with Gasteiger partial charge in [-0.1, -0.05) is 24.3 Å². The van der Waals surface area contributed by atoms with Gasteiger partial charge in [0.05, 0.1) is 11.4 Å². The van der Waals surface area contributed by atoms with E-state index in [0.29, 0.717) is 0 Å². The van der Waals surface area contributed by atoms with E-state index in [1.54, 1.807) is 0 Å². The molecule has 0 radical (unpaired) electrons. The largest absolute Gasteiger partial charge is 0.455 e. The van der Waals surface area contributed by atoms with Gasteiger partial charge in [-0.25, -0.2) is 0 Å². The molecule has 0 aliphatic carbocycles. The van der Waals surface area contributed by atoms with Crippen molar-refractivity contribution in [3.63, 3.8) is 0 Å². The van der Waals surface area contributed by atoms with E-state index in [1.165, 1.54) is 48.5 Å². The van der Waals surface area contributed by atoms with Crippen LogP contribution in [-0.4, -0.2) is 0 Å². The second kappa shape index (κ2) is 7.69. The van der Waals surface area contributed by atoms with Crippen LogP contribution in [-0.2, 0) is 12.4 Å². The number of nitrogens with two attached hydrogens (primary N) is 2. The van der Waals surface area contributed by atoms with Crippen LogP contribution >= 0.6 is 0 Å². The second-order valence-corrected chi connectivity index (χ2v) is 6.09. The lowest BCUT2D eigenvalue weighted by Gasteiger charge is -2.22. The summed E-state index contributed by atoms with van der Waals surface area (Å²) in [5, 5.41) is 0. The molecule has 0 aliphatic rings. The SMILES string of the molecule is Nc1ccccc1Oc1ccc(Oc2ccccc2N)c(C(F)(F)F)c1C(F)(F)F. The van der Waals surface area contributed by atoms with Gasteiger partial charge >= 0.3 is 12.4 Å². The number of ether oxygens (including phenoxy) is 2. The summed E-state index contributed by atoms with van der Waals surface area (Å²) < 4.78 is 92.7. The van der Waals surface area contributed by atoms with Gasteiger partial charge in [-0.15, -0.1) is 0 Å². The Kier molecular flexibility index (Phi) is 5.43. The van der Waals surface area contributed by atoms with Crippen LogP contribution < -0.4 is 20.9 Å². The van der Waals surface area contributed by atoms with Crippen molar-refractivity contribution >= 4 is 11.4 Å². The Morgan fingerprint density at radius 1 is 0.500 bits per heavy atom. The molecule has 4 nitrogen and oxygen atoms in total. The molecule has 0 aromatic heterocycles. The minimum Gasteiger partial charge on any atom is -0.455 e. The van der Waals surface area contributed by atoms with Crippen LogP contribution in [0.4, 0.5) is 37.7 Å². The molecule has 0 bridgehead atoms. The molecular formula is C20H14F6N2O2. The highest BCUT2D eigenvalue weighted by Crippen LogP contribution is 2.51. The number of para-hydroxylation sites is 4. The second-order valence-electron chi connectivity index (χ2n) is 6.09. The fourth-order valence-electron chi connectivity index (χ4n) is 2.68. The van der Waals surface area contributed by atoms with Gasteiger partial charge in [-0.2, -0.15) is 26.3 Å². The van der Waals surface area contributed by atoms with Crippen molar-refractivity contribution in [3.05, 3.63) is 71.8 Å². The zero-order chi connectivity index (χ0) is 22.1. The van der Waals surface area contributed by atoms with E-state index < -0.39 is 35.0 Å². The molecule has 0 heterocycles. The summed E-state index contributed by atoms with van der Waals surface area (Å²) in [6.45, 7) is 0. The predicted octanol–water partition coefficient (Wildman–Crippen LogP) is 6.47. The minimum atomic E-state index is -5.41. The maximum Gasteiger partial charge on any atom is 0.420 e.